The molecule has 0 unspecified atom stereocenters. The van der Waals surface area contributed by atoms with Gasteiger partial charge in [-0.2, -0.15) is 0 Å². The van der Waals surface area contributed by atoms with E-state index in [0.717, 1.165) is 31.2 Å². The molecule has 1 saturated heterocycles. The van der Waals surface area contributed by atoms with Crippen molar-refractivity contribution in [2.75, 3.05) is 33.1 Å². The molecule has 4 rings (SSSR count). The molecular formula is C27H38N4O7. The number of unbranched alkanes of at least 4 members (excludes halogenated alkanes) is 1. The second-order valence-electron chi connectivity index (χ2n) is 10.1. The predicted molar refractivity (Wildman–Crippen MR) is 138 cm³/mol. The molecule has 11 nitrogen and oxygen atoms in total. The maximum Gasteiger partial charge on any atom is 0.318 e. The summed E-state index contributed by atoms with van der Waals surface area (Å²) >= 11 is 0. The van der Waals surface area contributed by atoms with E-state index >= 15 is 0 Å². The minimum Gasteiger partial charge on any atom is -0.454 e. The average Bonchev–Trinajstić information content (AvgIpc) is 3.42. The third-order valence-corrected chi connectivity index (χ3v) is 7.37. The fraction of sp³-hybridized carbons (Fsp3) is 0.630. The molecule has 11 heteroatoms. The van der Waals surface area contributed by atoms with Crippen LogP contribution < -0.4 is 25.4 Å². The third-order valence-electron chi connectivity index (χ3n) is 7.37. The molecule has 2 fully saturated rings. The molecule has 0 radical (unpaired) electrons. The SMILES string of the molecule is CCCC[C@H](NC(=O)C1(NC(=O)N2CCOCC2)CCCCC1)C(=O)C(=O)NCc1ccc2c(c1)OCO2. The zero-order chi connectivity index (χ0) is 27.0. The van der Waals surface area contributed by atoms with Crippen molar-refractivity contribution in [1.29, 1.82) is 0 Å². The molecule has 1 saturated carbocycles. The summed E-state index contributed by atoms with van der Waals surface area (Å²) in [6.07, 6.45) is 5.34. The van der Waals surface area contributed by atoms with E-state index < -0.39 is 29.2 Å². The standard InChI is InChI=1S/C27H38N4O7/c1-2-3-7-20(23(32)24(33)28-17-19-8-9-21-22(16-19)38-18-37-21)29-25(34)27(10-5-4-6-11-27)30-26(35)31-12-14-36-15-13-31/h8-9,16,20H,2-7,10-15,17-18H2,1H3,(H,28,33)(H,29,34)(H,30,35)/t20-/m0/s1. The first kappa shape index (κ1) is 27.7. The number of hydrogen-bond donors (Lipinski definition) is 3. The highest BCUT2D eigenvalue weighted by atomic mass is 16.7. The molecule has 0 aromatic heterocycles. The summed E-state index contributed by atoms with van der Waals surface area (Å²) < 4.78 is 16.0. The Morgan fingerprint density at radius 2 is 1.76 bits per heavy atom. The zero-order valence-corrected chi connectivity index (χ0v) is 22.0. The van der Waals surface area contributed by atoms with E-state index in [1.165, 1.54) is 0 Å². The van der Waals surface area contributed by atoms with Crippen LogP contribution in [0.1, 0.15) is 63.9 Å². The van der Waals surface area contributed by atoms with Crippen molar-refractivity contribution in [3.8, 4) is 11.5 Å². The molecule has 38 heavy (non-hydrogen) atoms. The Morgan fingerprint density at radius 1 is 1.03 bits per heavy atom. The highest BCUT2D eigenvalue weighted by Gasteiger charge is 2.43. The van der Waals surface area contributed by atoms with Crippen LogP contribution in [0.2, 0.25) is 0 Å². The summed E-state index contributed by atoms with van der Waals surface area (Å²) in [6.45, 7) is 4.11. The topological polar surface area (TPSA) is 135 Å². The van der Waals surface area contributed by atoms with E-state index in [4.69, 9.17) is 14.2 Å². The molecule has 0 spiro atoms. The summed E-state index contributed by atoms with van der Waals surface area (Å²) in [7, 11) is 0. The fourth-order valence-electron chi connectivity index (χ4n) is 5.07. The number of ketones is 1. The van der Waals surface area contributed by atoms with Crippen molar-refractivity contribution in [2.24, 2.45) is 0 Å². The molecule has 1 aliphatic carbocycles. The monoisotopic (exact) mass is 530 g/mol. The summed E-state index contributed by atoms with van der Waals surface area (Å²) in [5, 5.41) is 8.48. The van der Waals surface area contributed by atoms with Crippen LogP contribution in [0.3, 0.4) is 0 Å². The molecule has 3 N–H and O–H groups in total. The number of fused-ring (bicyclic) bond motifs is 1. The summed E-state index contributed by atoms with van der Waals surface area (Å²) in [4.78, 5) is 54.3. The minimum atomic E-state index is -1.11. The van der Waals surface area contributed by atoms with E-state index in [1.54, 1.807) is 23.1 Å². The number of carbonyl (C=O) groups excluding carboxylic acids is 4. The van der Waals surface area contributed by atoms with Gasteiger partial charge in [0.05, 0.1) is 19.3 Å². The van der Waals surface area contributed by atoms with Crippen LogP contribution in [0, 0.1) is 0 Å². The van der Waals surface area contributed by atoms with Crippen molar-refractivity contribution >= 4 is 23.6 Å². The molecule has 3 aliphatic rings. The second-order valence-corrected chi connectivity index (χ2v) is 10.1. The van der Waals surface area contributed by atoms with Crippen LogP contribution >= 0.6 is 0 Å². The molecule has 0 bridgehead atoms. The maximum atomic E-state index is 13.6. The van der Waals surface area contributed by atoms with Crippen LogP contribution in [-0.2, 0) is 25.7 Å². The quantitative estimate of drug-likeness (QED) is 0.394. The highest BCUT2D eigenvalue weighted by molar-refractivity contribution is 6.38. The van der Waals surface area contributed by atoms with Crippen LogP contribution in [-0.4, -0.2) is 73.2 Å². The van der Waals surface area contributed by atoms with Crippen molar-refractivity contribution in [2.45, 2.75) is 76.4 Å². The first-order chi connectivity index (χ1) is 18.4. The molecule has 208 valence electrons. The van der Waals surface area contributed by atoms with E-state index in [1.807, 2.05) is 6.92 Å². The number of carbonyl (C=O) groups is 4. The van der Waals surface area contributed by atoms with Gasteiger partial charge in [0.15, 0.2) is 11.5 Å². The van der Waals surface area contributed by atoms with Crippen LogP contribution in [0.4, 0.5) is 4.79 Å². The van der Waals surface area contributed by atoms with Crippen LogP contribution in [0.15, 0.2) is 18.2 Å². The van der Waals surface area contributed by atoms with Crippen LogP contribution in [0.25, 0.3) is 0 Å². The second kappa shape index (κ2) is 12.9. The van der Waals surface area contributed by atoms with Gasteiger partial charge in [-0.15, -0.1) is 0 Å². The van der Waals surface area contributed by atoms with Gasteiger partial charge in [-0.05, 0) is 37.0 Å². The molecule has 2 heterocycles. The summed E-state index contributed by atoms with van der Waals surface area (Å²) in [5.74, 6) is -0.641. The van der Waals surface area contributed by atoms with Crippen molar-refractivity contribution in [1.82, 2.24) is 20.9 Å². The lowest BCUT2D eigenvalue weighted by atomic mass is 9.80. The number of Topliss-reactive ketones (excluding diaryl/α,β-unsaturated/α-hetero) is 1. The minimum absolute atomic E-state index is 0.134. The number of amides is 4. The van der Waals surface area contributed by atoms with Gasteiger partial charge in [-0.25, -0.2) is 4.79 Å². The van der Waals surface area contributed by atoms with Gasteiger partial charge in [0, 0.05) is 19.6 Å². The zero-order valence-electron chi connectivity index (χ0n) is 22.0. The Bertz CT molecular complexity index is 1020. The smallest absolute Gasteiger partial charge is 0.318 e. The molecule has 2 aliphatic heterocycles. The Morgan fingerprint density at radius 3 is 2.50 bits per heavy atom. The molecule has 1 atom stereocenters. The lowest BCUT2D eigenvalue weighted by Gasteiger charge is -2.39. The van der Waals surface area contributed by atoms with Gasteiger partial charge < -0.3 is 35.1 Å². The van der Waals surface area contributed by atoms with Gasteiger partial charge in [0.25, 0.3) is 5.91 Å². The van der Waals surface area contributed by atoms with Gasteiger partial charge in [-0.1, -0.05) is 45.1 Å². The number of rotatable bonds is 10. The first-order valence-electron chi connectivity index (χ1n) is 13.6. The lowest BCUT2D eigenvalue weighted by Crippen LogP contribution is -2.64. The van der Waals surface area contributed by atoms with E-state index in [0.29, 0.717) is 63.5 Å². The van der Waals surface area contributed by atoms with E-state index in [9.17, 15) is 19.2 Å². The average molecular weight is 531 g/mol. The van der Waals surface area contributed by atoms with Crippen molar-refractivity contribution < 1.29 is 33.4 Å². The number of benzene rings is 1. The van der Waals surface area contributed by atoms with E-state index in [-0.39, 0.29) is 19.4 Å². The Kier molecular flexibility index (Phi) is 9.43. The normalized spacial score (nSPS) is 18.8. The number of ether oxygens (including phenoxy) is 3. The number of morpholine rings is 1. The third kappa shape index (κ3) is 6.75. The Labute approximate surface area is 222 Å². The lowest BCUT2D eigenvalue weighted by molar-refractivity contribution is -0.141. The number of nitrogens with zero attached hydrogens (tertiary/aromatic N) is 1. The van der Waals surface area contributed by atoms with E-state index in [2.05, 4.69) is 16.0 Å². The van der Waals surface area contributed by atoms with Gasteiger partial charge >= 0.3 is 6.03 Å². The number of urea groups is 1. The predicted octanol–water partition coefficient (Wildman–Crippen LogP) is 2.02. The largest absolute Gasteiger partial charge is 0.454 e. The van der Waals surface area contributed by atoms with Gasteiger partial charge in [0.1, 0.15) is 5.54 Å². The summed E-state index contributed by atoms with van der Waals surface area (Å²) in [6, 6.07) is 4.03. The molecule has 1 aromatic carbocycles. The highest BCUT2D eigenvalue weighted by Crippen LogP contribution is 2.32. The fourth-order valence-corrected chi connectivity index (χ4v) is 5.07. The van der Waals surface area contributed by atoms with Gasteiger partial charge in [-0.3, -0.25) is 14.4 Å². The summed E-state index contributed by atoms with van der Waals surface area (Å²) in [5.41, 5.74) is -0.349. The van der Waals surface area contributed by atoms with Crippen LogP contribution in [0.5, 0.6) is 11.5 Å². The number of nitrogens with one attached hydrogen (secondary N) is 3. The van der Waals surface area contributed by atoms with Gasteiger partial charge in [0.2, 0.25) is 18.5 Å². The number of hydrogen-bond acceptors (Lipinski definition) is 7. The first-order valence-corrected chi connectivity index (χ1v) is 13.6. The molecular weight excluding hydrogens is 492 g/mol. The maximum absolute atomic E-state index is 13.6. The molecule has 4 amide bonds. The molecule has 1 aromatic rings. The van der Waals surface area contributed by atoms with Crippen molar-refractivity contribution in [3.05, 3.63) is 23.8 Å². The Hall–Kier alpha value is -3.34. The Balaban J connectivity index is 1.40. The van der Waals surface area contributed by atoms with Crippen molar-refractivity contribution in [3.63, 3.8) is 0 Å².